The number of likely N-dealkylation sites (N-methyl/N-ethyl adjacent to an activating group) is 2. The number of benzene rings is 1. The van der Waals surface area contributed by atoms with E-state index in [9.17, 15) is 22.8 Å². The minimum absolute atomic E-state index is 0.0436. The standard InChI is InChI=1S/C18H25F3N4O2/c1-23(2)17(27)12-24(3)11-16(26)22-14-10-13(18(19,20)21)6-7-15(14)25-8-4-5-9-25/h6-7,10H,4-5,8-9,11-12H2,1-3H3,(H,22,26). The molecule has 0 atom stereocenters. The summed E-state index contributed by atoms with van der Waals surface area (Å²) in [6, 6.07) is 3.41. The Morgan fingerprint density at radius 1 is 1.11 bits per heavy atom. The topological polar surface area (TPSA) is 55.9 Å². The monoisotopic (exact) mass is 386 g/mol. The minimum atomic E-state index is -4.49. The van der Waals surface area contributed by atoms with Gasteiger partial charge in [-0.25, -0.2) is 0 Å². The zero-order valence-corrected chi connectivity index (χ0v) is 15.8. The number of rotatable bonds is 6. The summed E-state index contributed by atoms with van der Waals surface area (Å²) >= 11 is 0. The summed E-state index contributed by atoms with van der Waals surface area (Å²) < 4.78 is 39.2. The van der Waals surface area contributed by atoms with Crippen LogP contribution in [0.2, 0.25) is 0 Å². The Hall–Kier alpha value is -2.29. The van der Waals surface area contributed by atoms with Gasteiger partial charge in [-0.2, -0.15) is 13.2 Å². The van der Waals surface area contributed by atoms with Crippen molar-refractivity contribution in [2.24, 2.45) is 0 Å². The van der Waals surface area contributed by atoms with Gasteiger partial charge in [0.05, 0.1) is 30.0 Å². The van der Waals surface area contributed by atoms with Crippen molar-refractivity contribution in [1.29, 1.82) is 0 Å². The van der Waals surface area contributed by atoms with E-state index in [1.807, 2.05) is 4.90 Å². The summed E-state index contributed by atoms with van der Waals surface area (Å²) in [5.74, 6) is -0.633. The van der Waals surface area contributed by atoms with Crippen LogP contribution in [-0.2, 0) is 15.8 Å². The van der Waals surface area contributed by atoms with Crippen molar-refractivity contribution in [1.82, 2.24) is 9.80 Å². The fraction of sp³-hybridized carbons (Fsp3) is 0.556. The molecule has 1 heterocycles. The van der Waals surface area contributed by atoms with E-state index >= 15 is 0 Å². The number of carbonyl (C=O) groups is 2. The maximum absolute atomic E-state index is 13.1. The Labute approximate surface area is 156 Å². The molecular formula is C18H25F3N4O2. The number of hydrogen-bond donors (Lipinski definition) is 1. The molecule has 2 rings (SSSR count). The van der Waals surface area contributed by atoms with Gasteiger partial charge >= 0.3 is 6.18 Å². The van der Waals surface area contributed by atoms with Gasteiger partial charge in [0.25, 0.3) is 0 Å². The number of halogens is 3. The third-order valence-electron chi connectivity index (χ3n) is 4.36. The van der Waals surface area contributed by atoms with E-state index in [1.165, 1.54) is 15.9 Å². The normalized spacial score (nSPS) is 14.6. The first kappa shape index (κ1) is 21.0. The molecule has 0 aliphatic carbocycles. The lowest BCUT2D eigenvalue weighted by Gasteiger charge is -2.24. The van der Waals surface area contributed by atoms with Gasteiger partial charge in [-0.15, -0.1) is 0 Å². The summed E-state index contributed by atoms with van der Waals surface area (Å²) in [7, 11) is 4.83. The van der Waals surface area contributed by atoms with Gasteiger partial charge in [-0.05, 0) is 38.1 Å². The molecule has 6 nitrogen and oxygen atoms in total. The van der Waals surface area contributed by atoms with E-state index in [2.05, 4.69) is 5.32 Å². The van der Waals surface area contributed by atoms with Gasteiger partial charge in [0.1, 0.15) is 0 Å². The van der Waals surface area contributed by atoms with Gasteiger partial charge in [-0.3, -0.25) is 14.5 Å². The number of anilines is 2. The number of alkyl halides is 3. The van der Waals surface area contributed by atoms with E-state index in [4.69, 9.17) is 0 Å². The van der Waals surface area contributed by atoms with Gasteiger partial charge in [-0.1, -0.05) is 0 Å². The fourth-order valence-electron chi connectivity index (χ4n) is 2.91. The molecule has 0 aromatic heterocycles. The molecule has 0 spiro atoms. The summed E-state index contributed by atoms with van der Waals surface area (Å²) in [6.07, 6.45) is -2.56. The molecule has 150 valence electrons. The van der Waals surface area contributed by atoms with Crippen molar-refractivity contribution in [3.8, 4) is 0 Å². The lowest BCUT2D eigenvalue weighted by atomic mass is 10.1. The summed E-state index contributed by atoms with van der Waals surface area (Å²) in [4.78, 5) is 28.9. The molecule has 1 aromatic rings. The largest absolute Gasteiger partial charge is 0.416 e. The third-order valence-corrected chi connectivity index (χ3v) is 4.36. The Kier molecular flexibility index (Phi) is 6.69. The predicted octanol–water partition coefficient (Wildman–Crippen LogP) is 2.26. The van der Waals surface area contributed by atoms with Crippen molar-refractivity contribution in [2.75, 3.05) is 57.5 Å². The third kappa shape index (κ3) is 5.85. The van der Waals surface area contributed by atoms with Crippen LogP contribution in [0.5, 0.6) is 0 Å². The zero-order valence-electron chi connectivity index (χ0n) is 15.8. The van der Waals surface area contributed by atoms with Gasteiger partial charge < -0.3 is 15.1 Å². The van der Waals surface area contributed by atoms with E-state index in [0.29, 0.717) is 5.69 Å². The Morgan fingerprint density at radius 2 is 1.74 bits per heavy atom. The first-order chi connectivity index (χ1) is 12.6. The zero-order chi connectivity index (χ0) is 20.2. The van der Waals surface area contributed by atoms with Crippen LogP contribution in [0.1, 0.15) is 18.4 Å². The van der Waals surface area contributed by atoms with Crippen LogP contribution in [0.3, 0.4) is 0 Å². The number of nitrogens with zero attached hydrogens (tertiary/aromatic N) is 3. The molecule has 0 bridgehead atoms. The number of carbonyl (C=O) groups excluding carboxylic acids is 2. The average Bonchev–Trinajstić information content (AvgIpc) is 3.07. The lowest BCUT2D eigenvalue weighted by Crippen LogP contribution is -2.38. The molecule has 1 aliphatic heterocycles. The minimum Gasteiger partial charge on any atom is -0.370 e. The Morgan fingerprint density at radius 3 is 2.30 bits per heavy atom. The molecular weight excluding hydrogens is 361 g/mol. The van der Waals surface area contributed by atoms with Crippen LogP contribution in [0, 0.1) is 0 Å². The second-order valence-corrected chi connectivity index (χ2v) is 6.93. The molecule has 0 radical (unpaired) electrons. The molecule has 0 unspecified atom stereocenters. The van der Waals surface area contributed by atoms with Crippen molar-refractivity contribution in [3.63, 3.8) is 0 Å². The molecule has 27 heavy (non-hydrogen) atoms. The molecule has 1 aromatic carbocycles. The summed E-state index contributed by atoms with van der Waals surface area (Å²) in [5.41, 5.74) is -0.0816. The van der Waals surface area contributed by atoms with Crippen molar-refractivity contribution < 1.29 is 22.8 Å². The Bertz CT molecular complexity index is 686. The number of amides is 2. The quantitative estimate of drug-likeness (QED) is 0.815. The number of hydrogen-bond acceptors (Lipinski definition) is 4. The highest BCUT2D eigenvalue weighted by Gasteiger charge is 2.32. The Balaban J connectivity index is 2.14. The average molecular weight is 386 g/mol. The van der Waals surface area contributed by atoms with Gasteiger partial charge in [0.15, 0.2) is 0 Å². The smallest absolute Gasteiger partial charge is 0.370 e. The fourth-order valence-corrected chi connectivity index (χ4v) is 2.91. The number of nitrogens with one attached hydrogen (secondary N) is 1. The van der Waals surface area contributed by atoms with Crippen LogP contribution >= 0.6 is 0 Å². The highest BCUT2D eigenvalue weighted by Crippen LogP contribution is 2.36. The van der Waals surface area contributed by atoms with Crippen molar-refractivity contribution in [2.45, 2.75) is 19.0 Å². The van der Waals surface area contributed by atoms with E-state index in [-0.39, 0.29) is 24.7 Å². The van der Waals surface area contributed by atoms with E-state index < -0.39 is 17.6 Å². The summed E-state index contributed by atoms with van der Waals surface area (Å²) in [6.45, 7) is 1.42. The molecule has 0 saturated carbocycles. The van der Waals surface area contributed by atoms with E-state index in [1.54, 1.807) is 21.1 Å². The molecule has 9 heteroatoms. The molecule has 1 fully saturated rings. The van der Waals surface area contributed by atoms with E-state index in [0.717, 1.165) is 38.1 Å². The first-order valence-electron chi connectivity index (χ1n) is 8.72. The molecule has 1 aliphatic rings. The maximum atomic E-state index is 13.1. The van der Waals surface area contributed by atoms with Gasteiger partial charge in [0, 0.05) is 27.2 Å². The lowest BCUT2D eigenvalue weighted by molar-refractivity contribution is -0.137. The molecule has 1 saturated heterocycles. The van der Waals surface area contributed by atoms with Crippen LogP contribution in [0.4, 0.5) is 24.5 Å². The van der Waals surface area contributed by atoms with Crippen LogP contribution in [0.25, 0.3) is 0 Å². The SMILES string of the molecule is CN(CC(=O)Nc1cc(C(F)(F)F)ccc1N1CCCC1)CC(=O)N(C)C. The first-order valence-corrected chi connectivity index (χ1v) is 8.72. The molecule has 2 amide bonds. The van der Waals surface area contributed by atoms with Crippen LogP contribution in [0.15, 0.2) is 18.2 Å². The van der Waals surface area contributed by atoms with Crippen molar-refractivity contribution >= 4 is 23.2 Å². The van der Waals surface area contributed by atoms with Crippen LogP contribution in [-0.4, -0.2) is 68.9 Å². The highest BCUT2D eigenvalue weighted by atomic mass is 19.4. The second-order valence-electron chi connectivity index (χ2n) is 6.93. The summed E-state index contributed by atoms with van der Waals surface area (Å²) in [5, 5.41) is 2.59. The van der Waals surface area contributed by atoms with Gasteiger partial charge in [0.2, 0.25) is 11.8 Å². The van der Waals surface area contributed by atoms with Crippen molar-refractivity contribution in [3.05, 3.63) is 23.8 Å². The predicted molar refractivity (Wildman–Crippen MR) is 97.7 cm³/mol. The maximum Gasteiger partial charge on any atom is 0.416 e. The second kappa shape index (κ2) is 8.60. The highest BCUT2D eigenvalue weighted by molar-refractivity contribution is 5.96. The van der Waals surface area contributed by atoms with Crippen LogP contribution < -0.4 is 10.2 Å². The molecule has 1 N–H and O–H groups in total.